The van der Waals surface area contributed by atoms with Crippen LogP contribution >= 0.6 is 0 Å². The van der Waals surface area contributed by atoms with Crippen molar-refractivity contribution >= 4 is 6.03 Å². The maximum absolute atomic E-state index is 10.9. The number of carbonyl (C=O) groups excluding carboxylic acids is 1. The quantitative estimate of drug-likeness (QED) is 0.567. The molecule has 0 fully saturated rings. The van der Waals surface area contributed by atoms with E-state index < -0.39 is 0 Å². The topological polar surface area (TPSA) is 53.6 Å². The van der Waals surface area contributed by atoms with Crippen LogP contribution in [-0.2, 0) is 4.74 Å². The summed E-state index contributed by atoms with van der Waals surface area (Å²) in [5, 5.41) is 5.32. The second-order valence-corrected chi connectivity index (χ2v) is 3.20. The zero-order valence-corrected chi connectivity index (χ0v) is 9.30. The lowest BCUT2D eigenvalue weighted by Gasteiger charge is -2.10. The van der Waals surface area contributed by atoms with Crippen LogP contribution in [-0.4, -0.2) is 57.9 Å². The first-order valence-corrected chi connectivity index (χ1v) is 4.91. The molecule has 0 rings (SSSR count). The summed E-state index contributed by atoms with van der Waals surface area (Å²) >= 11 is 0. The van der Waals surface area contributed by atoms with Gasteiger partial charge in [-0.15, -0.1) is 0 Å². The molecule has 0 aliphatic rings. The van der Waals surface area contributed by atoms with E-state index in [-0.39, 0.29) is 6.03 Å². The summed E-state index contributed by atoms with van der Waals surface area (Å²) in [5.41, 5.74) is 0. The van der Waals surface area contributed by atoms with Gasteiger partial charge in [0.2, 0.25) is 0 Å². The second-order valence-electron chi connectivity index (χ2n) is 3.20. The molecule has 0 saturated heterocycles. The number of likely N-dealkylation sites (N-methyl/N-ethyl adjacent to an activating group) is 1. The number of rotatable bonds is 7. The van der Waals surface area contributed by atoms with Gasteiger partial charge in [-0.05, 0) is 21.0 Å². The number of ether oxygens (including phenoxy) is 1. The highest BCUT2D eigenvalue weighted by Crippen LogP contribution is 1.77. The third-order valence-corrected chi connectivity index (χ3v) is 1.55. The SMILES string of the molecule is CCNC(=O)NCCOCCN(C)C. The minimum Gasteiger partial charge on any atom is -0.378 e. The van der Waals surface area contributed by atoms with Crippen molar-refractivity contribution in [3.63, 3.8) is 0 Å². The van der Waals surface area contributed by atoms with Crippen molar-refractivity contribution in [2.75, 3.05) is 46.9 Å². The molecule has 2 N–H and O–H groups in total. The lowest BCUT2D eigenvalue weighted by Crippen LogP contribution is -2.37. The van der Waals surface area contributed by atoms with Gasteiger partial charge in [-0.1, -0.05) is 0 Å². The van der Waals surface area contributed by atoms with Crippen molar-refractivity contribution in [2.45, 2.75) is 6.92 Å². The molecule has 5 nitrogen and oxygen atoms in total. The molecule has 0 bridgehead atoms. The highest BCUT2D eigenvalue weighted by atomic mass is 16.5. The van der Waals surface area contributed by atoms with E-state index in [1.165, 1.54) is 0 Å². The maximum atomic E-state index is 10.9. The number of nitrogens with one attached hydrogen (secondary N) is 2. The summed E-state index contributed by atoms with van der Waals surface area (Å²) in [5.74, 6) is 0. The van der Waals surface area contributed by atoms with Gasteiger partial charge in [0.05, 0.1) is 13.2 Å². The van der Waals surface area contributed by atoms with E-state index in [4.69, 9.17) is 4.74 Å². The molecule has 0 radical (unpaired) electrons. The number of urea groups is 1. The second kappa shape index (κ2) is 8.77. The molecule has 0 aromatic heterocycles. The zero-order valence-electron chi connectivity index (χ0n) is 9.30. The van der Waals surface area contributed by atoms with E-state index in [0.29, 0.717) is 26.3 Å². The molecule has 0 saturated carbocycles. The Morgan fingerprint density at radius 2 is 2.00 bits per heavy atom. The Balaban J connectivity index is 3.09. The Morgan fingerprint density at radius 1 is 1.29 bits per heavy atom. The van der Waals surface area contributed by atoms with Crippen LogP contribution in [0.25, 0.3) is 0 Å². The van der Waals surface area contributed by atoms with Crippen molar-refractivity contribution in [1.29, 1.82) is 0 Å². The minimum absolute atomic E-state index is 0.135. The number of hydrogen-bond acceptors (Lipinski definition) is 3. The van der Waals surface area contributed by atoms with Crippen molar-refractivity contribution < 1.29 is 9.53 Å². The average molecular weight is 203 g/mol. The predicted octanol–water partition coefficient (Wildman–Crippen LogP) is -0.116. The fourth-order valence-corrected chi connectivity index (χ4v) is 0.809. The standard InChI is InChI=1S/C9H21N3O2/c1-4-10-9(13)11-5-7-14-8-6-12(2)3/h4-8H2,1-3H3,(H2,10,11,13). The van der Waals surface area contributed by atoms with Crippen LogP contribution in [0.1, 0.15) is 6.92 Å². The first-order chi connectivity index (χ1) is 6.66. The molecular weight excluding hydrogens is 182 g/mol. The number of nitrogens with zero attached hydrogens (tertiary/aromatic N) is 1. The molecule has 0 aromatic carbocycles. The van der Waals surface area contributed by atoms with E-state index >= 15 is 0 Å². The lowest BCUT2D eigenvalue weighted by atomic mass is 10.6. The van der Waals surface area contributed by atoms with Gasteiger partial charge in [-0.2, -0.15) is 0 Å². The maximum Gasteiger partial charge on any atom is 0.314 e. The van der Waals surface area contributed by atoms with Gasteiger partial charge >= 0.3 is 6.03 Å². The van der Waals surface area contributed by atoms with Crippen LogP contribution in [0.5, 0.6) is 0 Å². The van der Waals surface area contributed by atoms with Gasteiger partial charge in [0.25, 0.3) is 0 Å². The Bertz CT molecular complexity index is 151. The Morgan fingerprint density at radius 3 is 2.57 bits per heavy atom. The Labute approximate surface area is 85.8 Å². The van der Waals surface area contributed by atoms with Crippen molar-refractivity contribution in [3.8, 4) is 0 Å². The largest absolute Gasteiger partial charge is 0.378 e. The summed E-state index contributed by atoms with van der Waals surface area (Å²) < 4.78 is 5.29. The van der Waals surface area contributed by atoms with Crippen LogP contribution in [0.15, 0.2) is 0 Å². The summed E-state index contributed by atoms with van der Waals surface area (Å²) in [6.45, 7) is 5.25. The van der Waals surface area contributed by atoms with Crippen LogP contribution < -0.4 is 10.6 Å². The highest BCUT2D eigenvalue weighted by molar-refractivity contribution is 5.73. The fraction of sp³-hybridized carbons (Fsp3) is 0.889. The van der Waals surface area contributed by atoms with Gasteiger partial charge in [0, 0.05) is 19.6 Å². The number of carbonyl (C=O) groups is 1. The molecular formula is C9H21N3O2. The smallest absolute Gasteiger partial charge is 0.314 e. The van der Waals surface area contributed by atoms with Crippen LogP contribution in [0.4, 0.5) is 4.79 Å². The molecule has 0 unspecified atom stereocenters. The fourth-order valence-electron chi connectivity index (χ4n) is 0.809. The zero-order chi connectivity index (χ0) is 10.8. The van der Waals surface area contributed by atoms with Crippen LogP contribution in [0.2, 0.25) is 0 Å². The summed E-state index contributed by atoms with van der Waals surface area (Å²) in [6, 6.07) is -0.135. The molecule has 5 heteroatoms. The first kappa shape index (κ1) is 13.2. The molecule has 0 atom stereocenters. The highest BCUT2D eigenvalue weighted by Gasteiger charge is 1.95. The normalized spacial score (nSPS) is 10.3. The first-order valence-electron chi connectivity index (χ1n) is 4.91. The summed E-state index contributed by atoms with van der Waals surface area (Å²) in [7, 11) is 3.99. The van der Waals surface area contributed by atoms with E-state index in [9.17, 15) is 4.79 Å². The monoisotopic (exact) mass is 203 g/mol. The lowest BCUT2D eigenvalue weighted by molar-refractivity contribution is 0.120. The average Bonchev–Trinajstić information content (AvgIpc) is 2.11. The molecule has 0 aliphatic heterocycles. The van der Waals surface area contributed by atoms with Crippen molar-refractivity contribution in [2.24, 2.45) is 0 Å². The molecule has 14 heavy (non-hydrogen) atoms. The van der Waals surface area contributed by atoms with Gasteiger partial charge < -0.3 is 20.3 Å². The predicted molar refractivity (Wildman–Crippen MR) is 56.4 cm³/mol. The molecule has 0 heterocycles. The molecule has 84 valence electrons. The van der Waals surface area contributed by atoms with Gasteiger partial charge in [0.1, 0.15) is 0 Å². The Hall–Kier alpha value is -0.810. The minimum atomic E-state index is -0.135. The summed E-state index contributed by atoms with van der Waals surface area (Å²) in [6.07, 6.45) is 0. The van der Waals surface area contributed by atoms with Gasteiger partial charge in [-0.25, -0.2) is 4.79 Å². The van der Waals surface area contributed by atoms with E-state index in [1.807, 2.05) is 21.0 Å². The van der Waals surface area contributed by atoms with Gasteiger partial charge in [0.15, 0.2) is 0 Å². The third kappa shape index (κ3) is 9.28. The van der Waals surface area contributed by atoms with Crippen molar-refractivity contribution in [1.82, 2.24) is 15.5 Å². The van der Waals surface area contributed by atoms with Crippen LogP contribution in [0, 0.1) is 0 Å². The third-order valence-electron chi connectivity index (χ3n) is 1.55. The van der Waals surface area contributed by atoms with Crippen molar-refractivity contribution in [3.05, 3.63) is 0 Å². The van der Waals surface area contributed by atoms with Crippen LogP contribution in [0.3, 0.4) is 0 Å². The van der Waals surface area contributed by atoms with E-state index in [2.05, 4.69) is 15.5 Å². The molecule has 0 aliphatic carbocycles. The summed E-state index contributed by atoms with van der Waals surface area (Å²) in [4.78, 5) is 13.0. The number of amides is 2. The molecule has 0 spiro atoms. The molecule has 0 aromatic rings. The number of hydrogen-bond donors (Lipinski definition) is 2. The Kier molecular flexibility index (Phi) is 8.27. The van der Waals surface area contributed by atoms with Gasteiger partial charge in [-0.3, -0.25) is 0 Å². The van der Waals surface area contributed by atoms with E-state index in [0.717, 1.165) is 6.54 Å². The van der Waals surface area contributed by atoms with E-state index in [1.54, 1.807) is 0 Å². The molecule has 2 amide bonds.